The maximum atomic E-state index is 13.7. The van der Waals surface area contributed by atoms with Crippen molar-refractivity contribution in [1.82, 2.24) is 10.4 Å². The van der Waals surface area contributed by atoms with Crippen molar-refractivity contribution < 1.29 is 8.78 Å². The van der Waals surface area contributed by atoms with E-state index in [9.17, 15) is 8.78 Å². The van der Waals surface area contributed by atoms with E-state index in [-0.39, 0.29) is 5.82 Å². The number of hydrogen-bond donors (Lipinski definition) is 2. The third-order valence-corrected chi connectivity index (χ3v) is 2.80. The van der Waals surface area contributed by atoms with Gasteiger partial charge in [-0.05, 0) is 30.2 Å². The van der Waals surface area contributed by atoms with E-state index in [1.807, 2.05) is 0 Å². The highest BCUT2D eigenvalue weighted by atomic mass is 19.1. The second-order valence-electron chi connectivity index (χ2n) is 4.01. The van der Waals surface area contributed by atoms with Crippen LogP contribution in [0.15, 0.2) is 36.7 Å². The van der Waals surface area contributed by atoms with Crippen molar-refractivity contribution >= 4 is 0 Å². The van der Waals surface area contributed by atoms with E-state index in [2.05, 4.69) is 10.4 Å². The van der Waals surface area contributed by atoms with Gasteiger partial charge in [-0.1, -0.05) is 12.1 Å². The number of benzene rings is 1. The molecule has 0 aliphatic carbocycles. The molecule has 1 heterocycles. The lowest BCUT2D eigenvalue weighted by Gasteiger charge is -2.17. The molecule has 0 spiro atoms. The Bertz CT molecular complexity index is 558. The Balaban J connectivity index is 2.45. The number of nitrogens with two attached hydrogens (primary N) is 1. The Morgan fingerprint density at radius 3 is 2.61 bits per heavy atom. The number of pyridine rings is 1. The van der Waals surface area contributed by atoms with Gasteiger partial charge in [0.15, 0.2) is 0 Å². The van der Waals surface area contributed by atoms with Gasteiger partial charge in [0.1, 0.15) is 11.6 Å². The molecule has 0 aliphatic rings. The Morgan fingerprint density at radius 2 is 2.00 bits per heavy atom. The van der Waals surface area contributed by atoms with Crippen molar-refractivity contribution in [2.45, 2.75) is 13.0 Å². The summed E-state index contributed by atoms with van der Waals surface area (Å²) in [4.78, 5) is 3.68. The molecule has 0 amide bonds. The second-order valence-corrected chi connectivity index (χ2v) is 4.01. The highest BCUT2D eigenvalue weighted by Crippen LogP contribution is 2.24. The van der Waals surface area contributed by atoms with Crippen LogP contribution in [-0.2, 0) is 0 Å². The van der Waals surface area contributed by atoms with Crippen LogP contribution in [0, 0.1) is 18.6 Å². The summed E-state index contributed by atoms with van der Waals surface area (Å²) in [6.45, 7) is 1.65. The molecule has 3 N–H and O–H groups in total. The Morgan fingerprint density at radius 1 is 1.22 bits per heavy atom. The fourth-order valence-electron chi connectivity index (χ4n) is 1.83. The molecule has 1 aromatic carbocycles. The van der Waals surface area contributed by atoms with Gasteiger partial charge in [0.2, 0.25) is 0 Å². The van der Waals surface area contributed by atoms with Crippen LogP contribution in [-0.4, -0.2) is 4.98 Å². The smallest absolute Gasteiger partial charge is 0.146 e. The third kappa shape index (κ3) is 2.37. The molecule has 2 rings (SSSR count). The van der Waals surface area contributed by atoms with Gasteiger partial charge in [-0.3, -0.25) is 10.8 Å². The molecule has 1 atom stereocenters. The summed E-state index contributed by atoms with van der Waals surface area (Å²) in [5.74, 6) is 4.71. The molecular weight excluding hydrogens is 236 g/mol. The zero-order chi connectivity index (χ0) is 13.1. The normalized spacial score (nSPS) is 12.4. The molecule has 3 nitrogen and oxygen atoms in total. The molecule has 5 heteroatoms. The lowest BCUT2D eigenvalue weighted by Crippen LogP contribution is -2.29. The van der Waals surface area contributed by atoms with Gasteiger partial charge in [-0.2, -0.15) is 0 Å². The molecule has 0 aliphatic heterocycles. The molecule has 0 saturated heterocycles. The number of aryl methyl sites for hydroxylation is 1. The number of nitrogens with one attached hydrogen (secondary N) is 1. The van der Waals surface area contributed by atoms with Gasteiger partial charge in [0.05, 0.1) is 12.2 Å². The minimum Gasteiger partial charge on any atom is -0.271 e. The van der Waals surface area contributed by atoms with Gasteiger partial charge >= 0.3 is 0 Å². The maximum absolute atomic E-state index is 13.7. The first-order chi connectivity index (χ1) is 8.63. The van der Waals surface area contributed by atoms with E-state index in [4.69, 9.17) is 5.84 Å². The lowest BCUT2D eigenvalue weighted by molar-refractivity contribution is 0.553. The SMILES string of the molecule is Cc1cc(C(NN)c2ccncc2F)ccc1F. The number of hydrogen-bond acceptors (Lipinski definition) is 3. The first kappa shape index (κ1) is 12.6. The predicted molar refractivity (Wildman–Crippen MR) is 64.5 cm³/mol. The zero-order valence-corrected chi connectivity index (χ0v) is 9.82. The van der Waals surface area contributed by atoms with Gasteiger partial charge in [0.25, 0.3) is 0 Å². The molecule has 2 aromatic rings. The average molecular weight is 249 g/mol. The molecule has 1 aromatic heterocycles. The van der Waals surface area contributed by atoms with Crippen molar-refractivity contribution in [2.75, 3.05) is 0 Å². The van der Waals surface area contributed by atoms with E-state index < -0.39 is 11.9 Å². The highest BCUT2D eigenvalue weighted by molar-refractivity contribution is 5.34. The summed E-state index contributed by atoms with van der Waals surface area (Å²) in [5, 5.41) is 0. The van der Waals surface area contributed by atoms with E-state index in [0.717, 1.165) is 6.20 Å². The van der Waals surface area contributed by atoms with Crippen LogP contribution >= 0.6 is 0 Å². The molecule has 0 saturated carbocycles. The monoisotopic (exact) mass is 249 g/mol. The first-order valence-electron chi connectivity index (χ1n) is 5.45. The van der Waals surface area contributed by atoms with Crippen LogP contribution in [0.25, 0.3) is 0 Å². The minimum absolute atomic E-state index is 0.301. The molecule has 0 bridgehead atoms. The summed E-state index contributed by atoms with van der Waals surface area (Å²) >= 11 is 0. The van der Waals surface area contributed by atoms with Gasteiger partial charge < -0.3 is 0 Å². The maximum Gasteiger partial charge on any atom is 0.146 e. The minimum atomic E-state index is -0.535. The van der Waals surface area contributed by atoms with Crippen LogP contribution in [0.4, 0.5) is 8.78 Å². The van der Waals surface area contributed by atoms with Crippen LogP contribution < -0.4 is 11.3 Å². The standard InChI is InChI=1S/C13H13F2N3/c1-8-6-9(2-3-11(8)14)13(18-16)10-4-5-17-7-12(10)15/h2-7,13,18H,16H2,1H3. The fraction of sp³-hybridized carbons (Fsp3) is 0.154. The second kappa shape index (κ2) is 5.20. The fourth-order valence-corrected chi connectivity index (χ4v) is 1.83. The highest BCUT2D eigenvalue weighted by Gasteiger charge is 2.17. The largest absolute Gasteiger partial charge is 0.271 e. The predicted octanol–water partition coefficient (Wildman–Crippen LogP) is 2.22. The summed E-state index contributed by atoms with van der Waals surface area (Å²) in [5.41, 5.74) is 4.09. The Hall–Kier alpha value is -1.85. The molecule has 0 fully saturated rings. The summed E-state index contributed by atoms with van der Waals surface area (Å²) < 4.78 is 26.9. The van der Waals surface area contributed by atoms with E-state index in [1.165, 1.54) is 12.3 Å². The Kier molecular flexibility index (Phi) is 3.64. The van der Waals surface area contributed by atoms with Crippen LogP contribution in [0.2, 0.25) is 0 Å². The molecular formula is C13H13F2N3. The van der Waals surface area contributed by atoms with Crippen molar-refractivity contribution in [3.8, 4) is 0 Å². The van der Waals surface area contributed by atoms with Crippen molar-refractivity contribution in [3.05, 3.63) is 65.0 Å². The molecule has 94 valence electrons. The number of hydrazine groups is 1. The number of nitrogens with zero attached hydrogens (tertiary/aromatic N) is 1. The Labute approximate surface area is 104 Å². The van der Waals surface area contributed by atoms with Crippen LogP contribution in [0.1, 0.15) is 22.7 Å². The number of rotatable bonds is 3. The van der Waals surface area contributed by atoms with E-state index >= 15 is 0 Å². The lowest BCUT2D eigenvalue weighted by atomic mass is 9.98. The summed E-state index contributed by atoms with van der Waals surface area (Å²) in [6, 6.07) is 5.56. The third-order valence-electron chi connectivity index (χ3n) is 2.80. The number of aromatic nitrogens is 1. The quantitative estimate of drug-likeness (QED) is 0.647. The average Bonchev–Trinajstić information content (AvgIpc) is 2.37. The van der Waals surface area contributed by atoms with Crippen LogP contribution in [0.5, 0.6) is 0 Å². The van der Waals surface area contributed by atoms with Crippen molar-refractivity contribution in [1.29, 1.82) is 0 Å². The van der Waals surface area contributed by atoms with Crippen molar-refractivity contribution in [2.24, 2.45) is 5.84 Å². The number of halogens is 2. The van der Waals surface area contributed by atoms with Crippen LogP contribution in [0.3, 0.4) is 0 Å². The summed E-state index contributed by atoms with van der Waals surface area (Å²) in [7, 11) is 0. The molecule has 1 unspecified atom stereocenters. The molecule has 18 heavy (non-hydrogen) atoms. The van der Waals surface area contributed by atoms with E-state index in [0.29, 0.717) is 16.7 Å². The van der Waals surface area contributed by atoms with Gasteiger partial charge in [-0.25, -0.2) is 14.2 Å². The van der Waals surface area contributed by atoms with Crippen molar-refractivity contribution in [3.63, 3.8) is 0 Å². The molecule has 0 radical (unpaired) electrons. The topological polar surface area (TPSA) is 50.9 Å². The first-order valence-corrected chi connectivity index (χ1v) is 5.45. The summed E-state index contributed by atoms with van der Waals surface area (Å²) in [6.07, 6.45) is 2.61. The zero-order valence-electron chi connectivity index (χ0n) is 9.82. The van der Waals surface area contributed by atoms with Gasteiger partial charge in [0, 0.05) is 11.8 Å². The van der Waals surface area contributed by atoms with E-state index in [1.54, 1.807) is 25.1 Å². The van der Waals surface area contributed by atoms with Gasteiger partial charge in [-0.15, -0.1) is 0 Å².